The highest BCUT2D eigenvalue weighted by Crippen LogP contribution is 2.22. The summed E-state index contributed by atoms with van der Waals surface area (Å²) in [4.78, 5) is 4.15. The Morgan fingerprint density at radius 2 is 2.67 bits per heavy atom. The van der Waals surface area contributed by atoms with E-state index in [9.17, 15) is 0 Å². The normalized spacial score (nSPS) is 23.0. The molecule has 1 aliphatic heterocycles. The van der Waals surface area contributed by atoms with Crippen molar-refractivity contribution in [1.82, 2.24) is 0 Å². The number of hydrogen-bond donors (Lipinski definition) is 0. The zero-order valence-corrected chi connectivity index (χ0v) is 8.66. The lowest BCUT2D eigenvalue weighted by Crippen LogP contribution is -2.08. The Morgan fingerprint density at radius 3 is 3.25 bits per heavy atom. The Kier molecular flexibility index (Phi) is 3.89. The van der Waals surface area contributed by atoms with Crippen molar-refractivity contribution in [3.63, 3.8) is 0 Å². The van der Waals surface area contributed by atoms with Gasteiger partial charge in [0, 0.05) is 18.4 Å². The van der Waals surface area contributed by atoms with Crippen molar-refractivity contribution in [2.75, 3.05) is 12.0 Å². The quantitative estimate of drug-likeness (QED) is 0.505. The molecule has 1 nitrogen and oxygen atoms in total. The van der Waals surface area contributed by atoms with Crippen LogP contribution in [0.4, 0.5) is 0 Å². The van der Waals surface area contributed by atoms with Crippen LogP contribution in [0.3, 0.4) is 0 Å². The summed E-state index contributed by atoms with van der Waals surface area (Å²) in [5.41, 5.74) is 2.40. The molecule has 0 aromatic heterocycles. The molecule has 66 valence electrons. The molecule has 0 amide bonds. The van der Waals surface area contributed by atoms with Gasteiger partial charge in [-0.25, -0.2) is 0 Å². The zero-order valence-electron chi connectivity index (χ0n) is 7.09. The summed E-state index contributed by atoms with van der Waals surface area (Å²) < 4.78 is 0. The number of rotatable bonds is 3. The Morgan fingerprint density at radius 1 is 1.92 bits per heavy atom. The molecule has 1 aliphatic rings. The number of dihydropyridines is 1. The van der Waals surface area contributed by atoms with Gasteiger partial charge in [-0.3, -0.25) is 4.99 Å². The predicted molar refractivity (Wildman–Crippen MR) is 58.4 cm³/mol. The van der Waals surface area contributed by atoms with Gasteiger partial charge in [0.1, 0.15) is 5.50 Å². The van der Waals surface area contributed by atoms with Gasteiger partial charge < -0.3 is 0 Å². The van der Waals surface area contributed by atoms with Gasteiger partial charge in [-0.15, -0.1) is 0 Å². The molecule has 0 saturated heterocycles. The van der Waals surface area contributed by atoms with Crippen molar-refractivity contribution in [2.24, 2.45) is 4.99 Å². The van der Waals surface area contributed by atoms with E-state index in [2.05, 4.69) is 17.8 Å². The van der Waals surface area contributed by atoms with E-state index in [-0.39, 0.29) is 5.50 Å². The third kappa shape index (κ3) is 2.39. The van der Waals surface area contributed by atoms with Crippen LogP contribution >= 0.6 is 23.4 Å². The fourth-order valence-corrected chi connectivity index (χ4v) is 1.91. The first-order valence-electron chi connectivity index (χ1n) is 3.78. The number of hydrogen-bond acceptors (Lipinski definition) is 2. The van der Waals surface area contributed by atoms with E-state index in [0.717, 1.165) is 12.2 Å². The van der Waals surface area contributed by atoms with Crippen molar-refractivity contribution < 1.29 is 0 Å². The molecule has 1 heterocycles. The minimum absolute atomic E-state index is 0.0939. The van der Waals surface area contributed by atoms with E-state index in [0.29, 0.717) is 0 Å². The second kappa shape index (κ2) is 4.73. The monoisotopic (exact) mass is 201 g/mol. The average Bonchev–Trinajstić information content (AvgIpc) is 2.08. The molecule has 12 heavy (non-hydrogen) atoms. The highest BCUT2D eigenvalue weighted by molar-refractivity contribution is 7.98. The molecule has 0 aromatic carbocycles. The number of thioether (sulfide) groups is 1. The van der Waals surface area contributed by atoms with Crippen molar-refractivity contribution in [2.45, 2.75) is 11.9 Å². The molecule has 1 rings (SSSR count). The molecule has 0 aromatic rings. The molecule has 0 bridgehead atoms. The lowest BCUT2D eigenvalue weighted by atomic mass is 10.1. The van der Waals surface area contributed by atoms with E-state index in [1.54, 1.807) is 11.8 Å². The Hall–Kier alpha value is -0.210. The maximum atomic E-state index is 5.87. The van der Waals surface area contributed by atoms with E-state index in [1.807, 2.05) is 12.3 Å². The summed E-state index contributed by atoms with van der Waals surface area (Å²) in [5, 5.41) is 0. The Bertz CT molecular complexity index is 233. The molecule has 1 unspecified atom stereocenters. The Labute approximate surface area is 82.6 Å². The van der Waals surface area contributed by atoms with Gasteiger partial charge in [-0.2, -0.15) is 11.8 Å². The van der Waals surface area contributed by atoms with Crippen molar-refractivity contribution in [3.8, 4) is 0 Å². The summed E-state index contributed by atoms with van der Waals surface area (Å²) in [6.07, 6.45) is 6.65. The lowest BCUT2D eigenvalue weighted by molar-refractivity contribution is 0.879. The van der Waals surface area contributed by atoms with Crippen molar-refractivity contribution in [3.05, 3.63) is 23.8 Å². The second-order valence-corrected chi connectivity index (χ2v) is 3.97. The minimum Gasteiger partial charge on any atom is -0.273 e. The third-order valence-corrected chi connectivity index (χ3v) is 2.61. The highest BCUT2D eigenvalue weighted by Gasteiger charge is 2.12. The molecule has 0 radical (unpaired) electrons. The van der Waals surface area contributed by atoms with E-state index in [4.69, 9.17) is 11.6 Å². The molecular formula is C9H12ClNS. The van der Waals surface area contributed by atoms with Gasteiger partial charge in [0.05, 0.1) is 0 Å². The van der Waals surface area contributed by atoms with Crippen LogP contribution in [0.5, 0.6) is 0 Å². The van der Waals surface area contributed by atoms with Crippen LogP contribution in [0.2, 0.25) is 0 Å². The largest absolute Gasteiger partial charge is 0.273 e. The van der Waals surface area contributed by atoms with Gasteiger partial charge in [0.2, 0.25) is 0 Å². The molecule has 0 spiro atoms. The van der Waals surface area contributed by atoms with Gasteiger partial charge >= 0.3 is 0 Å². The van der Waals surface area contributed by atoms with Crippen molar-refractivity contribution in [1.29, 1.82) is 0 Å². The van der Waals surface area contributed by atoms with Crippen LogP contribution in [-0.4, -0.2) is 23.7 Å². The first kappa shape index (κ1) is 9.87. The number of nitrogens with zero attached hydrogens (tertiary/aromatic N) is 1. The summed E-state index contributed by atoms with van der Waals surface area (Å²) >= 11 is 7.66. The number of halogens is 1. The molecule has 0 saturated carbocycles. The van der Waals surface area contributed by atoms with E-state index < -0.39 is 0 Å². The van der Waals surface area contributed by atoms with Crippen LogP contribution in [0.15, 0.2) is 28.8 Å². The third-order valence-electron chi connectivity index (χ3n) is 1.74. The van der Waals surface area contributed by atoms with Crippen LogP contribution in [0, 0.1) is 0 Å². The molecule has 1 atom stereocenters. The van der Waals surface area contributed by atoms with Gasteiger partial charge in [0.25, 0.3) is 0 Å². The molecule has 3 heteroatoms. The number of aliphatic imine (C=N–C) groups is 1. The smallest absolute Gasteiger partial charge is 0.127 e. The molecule has 0 N–H and O–H groups in total. The highest BCUT2D eigenvalue weighted by atomic mass is 35.5. The van der Waals surface area contributed by atoms with Gasteiger partial charge in [-0.05, 0) is 17.4 Å². The number of alkyl halides is 1. The van der Waals surface area contributed by atoms with Crippen LogP contribution < -0.4 is 0 Å². The summed E-state index contributed by atoms with van der Waals surface area (Å²) in [6, 6.07) is 0. The fourth-order valence-electron chi connectivity index (χ4n) is 1.12. The second-order valence-electron chi connectivity index (χ2n) is 2.60. The van der Waals surface area contributed by atoms with E-state index in [1.165, 1.54) is 11.1 Å². The van der Waals surface area contributed by atoms with Crippen LogP contribution in [0.1, 0.15) is 6.42 Å². The standard InChI is InChI=1S/C9H12ClNS/c1-3-7-4-9(10)11-5-8(7)6-12-2/h3,5,9H,1,4,6H2,2H3. The van der Waals surface area contributed by atoms with Gasteiger partial charge in [-0.1, -0.05) is 24.3 Å². The van der Waals surface area contributed by atoms with Crippen LogP contribution in [0.25, 0.3) is 0 Å². The molecular weight excluding hydrogens is 190 g/mol. The summed E-state index contributed by atoms with van der Waals surface area (Å²) in [6.45, 7) is 3.76. The van der Waals surface area contributed by atoms with Crippen molar-refractivity contribution >= 4 is 29.6 Å². The topological polar surface area (TPSA) is 12.4 Å². The average molecular weight is 202 g/mol. The van der Waals surface area contributed by atoms with Crippen LogP contribution in [-0.2, 0) is 0 Å². The predicted octanol–water partition coefficient (Wildman–Crippen LogP) is 2.87. The van der Waals surface area contributed by atoms with E-state index >= 15 is 0 Å². The zero-order chi connectivity index (χ0) is 8.97. The summed E-state index contributed by atoms with van der Waals surface area (Å²) in [7, 11) is 0. The SMILES string of the molecule is C=CC1=C(CSC)C=NC(Cl)C1. The van der Waals surface area contributed by atoms with Gasteiger partial charge in [0.15, 0.2) is 0 Å². The Balaban J connectivity index is 2.77. The first-order valence-corrected chi connectivity index (χ1v) is 5.61. The fraction of sp³-hybridized carbons (Fsp3) is 0.444. The molecule has 0 fully saturated rings. The maximum absolute atomic E-state index is 5.87. The number of allylic oxidation sites excluding steroid dienone is 1. The molecule has 0 aliphatic carbocycles. The first-order chi connectivity index (χ1) is 5.77. The summed E-state index contributed by atoms with van der Waals surface area (Å²) in [5.74, 6) is 0.995. The maximum Gasteiger partial charge on any atom is 0.127 e. The minimum atomic E-state index is -0.0939. The lowest BCUT2D eigenvalue weighted by Gasteiger charge is -2.14.